The van der Waals surface area contributed by atoms with Crippen molar-refractivity contribution in [2.24, 2.45) is 0 Å². The van der Waals surface area contributed by atoms with Crippen molar-refractivity contribution in [3.8, 4) is 6.07 Å². The molecule has 0 bridgehead atoms. The van der Waals surface area contributed by atoms with Gasteiger partial charge in [0.25, 0.3) is 0 Å². The van der Waals surface area contributed by atoms with Crippen LogP contribution >= 0.6 is 0 Å². The lowest BCUT2D eigenvalue weighted by Gasteiger charge is -2.13. The fourth-order valence-corrected chi connectivity index (χ4v) is 1.33. The second-order valence-corrected chi connectivity index (χ2v) is 3.64. The number of hydrogen-bond acceptors (Lipinski definition) is 5. The normalized spacial score (nSPS) is 10.9. The summed E-state index contributed by atoms with van der Waals surface area (Å²) in [5.74, 6) is -0.682. The number of alkyl carbamates (subject to hydrolysis) is 1. The molecule has 0 saturated carbocycles. The van der Waals surface area contributed by atoms with Crippen LogP contribution in [0.3, 0.4) is 0 Å². The number of carbonyl (C=O) groups excluding carboxylic acids is 2. The van der Waals surface area contributed by atoms with Crippen LogP contribution in [-0.4, -0.2) is 25.2 Å². The SMILES string of the molecule is COC(=O)[C@H](CC#N)NC(=O)OCc1ccccc1. The number of amides is 1. The number of rotatable bonds is 5. The van der Waals surface area contributed by atoms with E-state index >= 15 is 0 Å². The van der Waals surface area contributed by atoms with Crippen molar-refractivity contribution in [3.05, 3.63) is 35.9 Å². The average molecular weight is 262 g/mol. The maximum atomic E-state index is 11.5. The molecule has 1 atom stereocenters. The zero-order valence-corrected chi connectivity index (χ0v) is 10.5. The maximum Gasteiger partial charge on any atom is 0.408 e. The molecule has 0 aromatic heterocycles. The summed E-state index contributed by atoms with van der Waals surface area (Å²) in [7, 11) is 1.18. The number of nitriles is 1. The monoisotopic (exact) mass is 262 g/mol. The highest BCUT2D eigenvalue weighted by Gasteiger charge is 2.21. The molecular formula is C13H14N2O4. The number of hydrogen-bond donors (Lipinski definition) is 1. The van der Waals surface area contributed by atoms with Crippen molar-refractivity contribution >= 4 is 12.1 Å². The van der Waals surface area contributed by atoms with Gasteiger partial charge in [0.05, 0.1) is 19.6 Å². The minimum Gasteiger partial charge on any atom is -0.467 e. The molecular weight excluding hydrogens is 248 g/mol. The largest absolute Gasteiger partial charge is 0.467 e. The van der Waals surface area contributed by atoms with E-state index in [0.717, 1.165) is 5.56 Å². The Labute approximate surface area is 110 Å². The topological polar surface area (TPSA) is 88.4 Å². The van der Waals surface area contributed by atoms with Gasteiger partial charge in [0, 0.05) is 0 Å². The summed E-state index contributed by atoms with van der Waals surface area (Å²) < 4.78 is 9.40. The molecule has 19 heavy (non-hydrogen) atoms. The third-order valence-corrected chi connectivity index (χ3v) is 2.29. The van der Waals surface area contributed by atoms with E-state index in [-0.39, 0.29) is 13.0 Å². The molecule has 6 nitrogen and oxygen atoms in total. The Balaban J connectivity index is 2.45. The van der Waals surface area contributed by atoms with Gasteiger partial charge in [0.2, 0.25) is 0 Å². The average Bonchev–Trinajstić information content (AvgIpc) is 2.45. The van der Waals surface area contributed by atoms with Crippen molar-refractivity contribution < 1.29 is 19.1 Å². The molecule has 0 fully saturated rings. The Morgan fingerprint density at radius 2 is 2.05 bits per heavy atom. The van der Waals surface area contributed by atoms with Crippen LogP contribution in [0.4, 0.5) is 4.79 Å². The molecule has 0 saturated heterocycles. The summed E-state index contributed by atoms with van der Waals surface area (Å²) in [5.41, 5.74) is 0.826. The predicted molar refractivity (Wildman–Crippen MR) is 65.8 cm³/mol. The van der Waals surface area contributed by atoms with Gasteiger partial charge in [0.1, 0.15) is 12.6 Å². The predicted octanol–water partition coefficient (Wildman–Crippen LogP) is 1.37. The van der Waals surface area contributed by atoms with Crippen LogP contribution < -0.4 is 5.32 Å². The summed E-state index contributed by atoms with van der Waals surface area (Å²) in [5, 5.41) is 10.8. The van der Waals surface area contributed by atoms with E-state index in [1.807, 2.05) is 18.2 Å². The van der Waals surface area contributed by atoms with Crippen molar-refractivity contribution in [3.63, 3.8) is 0 Å². The molecule has 0 unspecified atom stereocenters. The van der Waals surface area contributed by atoms with Gasteiger partial charge in [-0.1, -0.05) is 30.3 Å². The maximum absolute atomic E-state index is 11.5. The van der Waals surface area contributed by atoms with Gasteiger partial charge in [0.15, 0.2) is 0 Å². The van der Waals surface area contributed by atoms with E-state index in [4.69, 9.17) is 10.00 Å². The zero-order chi connectivity index (χ0) is 14.1. The van der Waals surface area contributed by atoms with Crippen LogP contribution in [-0.2, 0) is 20.9 Å². The van der Waals surface area contributed by atoms with Crippen LogP contribution in [0, 0.1) is 11.3 Å². The standard InChI is InChI=1S/C13H14N2O4/c1-18-12(16)11(7-8-14)15-13(17)19-9-10-5-3-2-4-6-10/h2-6,11H,7,9H2,1H3,(H,15,17)/t11-/m0/s1. The Hall–Kier alpha value is -2.55. The quantitative estimate of drug-likeness (QED) is 0.809. The van der Waals surface area contributed by atoms with E-state index in [1.165, 1.54) is 7.11 Å². The Morgan fingerprint density at radius 3 is 2.63 bits per heavy atom. The molecule has 0 spiro atoms. The molecule has 0 aliphatic rings. The highest BCUT2D eigenvalue weighted by Crippen LogP contribution is 2.01. The lowest BCUT2D eigenvalue weighted by atomic mass is 10.2. The second-order valence-electron chi connectivity index (χ2n) is 3.64. The number of ether oxygens (including phenoxy) is 2. The molecule has 1 rings (SSSR count). The van der Waals surface area contributed by atoms with Gasteiger partial charge in [-0.15, -0.1) is 0 Å². The van der Waals surface area contributed by atoms with Gasteiger partial charge in [-0.25, -0.2) is 9.59 Å². The van der Waals surface area contributed by atoms with Crippen LogP contribution in [0.2, 0.25) is 0 Å². The molecule has 1 aromatic rings. The molecule has 0 heterocycles. The smallest absolute Gasteiger partial charge is 0.408 e. The van der Waals surface area contributed by atoms with Crippen LogP contribution in [0.1, 0.15) is 12.0 Å². The minimum atomic E-state index is -1.02. The van der Waals surface area contributed by atoms with Crippen LogP contribution in [0.25, 0.3) is 0 Å². The van der Waals surface area contributed by atoms with Crippen molar-refractivity contribution in [2.45, 2.75) is 19.1 Å². The number of carbonyl (C=O) groups is 2. The molecule has 100 valence electrons. The summed E-state index contributed by atoms with van der Waals surface area (Å²) in [4.78, 5) is 22.7. The first kappa shape index (κ1) is 14.5. The Bertz CT molecular complexity index is 467. The number of benzene rings is 1. The van der Waals surface area contributed by atoms with Gasteiger partial charge < -0.3 is 14.8 Å². The van der Waals surface area contributed by atoms with Gasteiger partial charge >= 0.3 is 12.1 Å². The second kappa shape index (κ2) is 7.71. The van der Waals surface area contributed by atoms with Crippen molar-refractivity contribution in [2.75, 3.05) is 7.11 Å². The molecule has 0 aliphatic carbocycles. The Morgan fingerprint density at radius 1 is 1.37 bits per heavy atom. The summed E-state index contributed by atoms with van der Waals surface area (Å²) >= 11 is 0. The van der Waals surface area contributed by atoms with Crippen molar-refractivity contribution in [1.82, 2.24) is 5.32 Å². The van der Waals surface area contributed by atoms with Crippen LogP contribution in [0.15, 0.2) is 30.3 Å². The zero-order valence-electron chi connectivity index (χ0n) is 10.5. The first-order chi connectivity index (χ1) is 9.17. The van der Waals surface area contributed by atoms with Gasteiger partial charge in [-0.3, -0.25) is 0 Å². The fraction of sp³-hybridized carbons (Fsp3) is 0.308. The summed E-state index contributed by atoms with van der Waals surface area (Å²) in [6.07, 6.45) is -0.942. The highest BCUT2D eigenvalue weighted by molar-refractivity contribution is 5.81. The van der Waals surface area contributed by atoms with Crippen molar-refractivity contribution in [1.29, 1.82) is 5.26 Å². The van der Waals surface area contributed by atoms with Crippen LogP contribution in [0.5, 0.6) is 0 Å². The summed E-state index contributed by atoms with van der Waals surface area (Å²) in [6, 6.07) is 9.88. The minimum absolute atomic E-state index is 0.0904. The molecule has 1 amide bonds. The number of nitrogens with zero attached hydrogens (tertiary/aromatic N) is 1. The lowest BCUT2D eigenvalue weighted by Crippen LogP contribution is -2.41. The van der Waals surface area contributed by atoms with Gasteiger partial charge in [-0.2, -0.15) is 5.26 Å². The first-order valence-corrected chi connectivity index (χ1v) is 5.59. The number of nitrogens with one attached hydrogen (secondary N) is 1. The molecule has 6 heteroatoms. The lowest BCUT2D eigenvalue weighted by molar-refractivity contribution is -0.142. The molecule has 1 N–H and O–H groups in total. The Kier molecular flexibility index (Phi) is 5.89. The first-order valence-electron chi connectivity index (χ1n) is 5.59. The fourth-order valence-electron chi connectivity index (χ4n) is 1.33. The summed E-state index contributed by atoms with van der Waals surface area (Å²) in [6.45, 7) is 0.0904. The highest BCUT2D eigenvalue weighted by atomic mass is 16.6. The third kappa shape index (κ3) is 5.08. The number of esters is 1. The van der Waals surface area contributed by atoms with E-state index in [1.54, 1.807) is 18.2 Å². The van der Waals surface area contributed by atoms with Gasteiger partial charge in [-0.05, 0) is 5.56 Å². The van der Waals surface area contributed by atoms with E-state index in [2.05, 4.69) is 10.1 Å². The van der Waals surface area contributed by atoms with E-state index in [9.17, 15) is 9.59 Å². The van der Waals surface area contributed by atoms with E-state index in [0.29, 0.717) is 0 Å². The van der Waals surface area contributed by atoms with E-state index < -0.39 is 18.1 Å². The molecule has 0 aliphatic heterocycles. The molecule has 0 radical (unpaired) electrons. The third-order valence-electron chi connectivity index (χ3n) is 2.29. The number of methoxy groups -OCH3 is 1. The molecule has 1 aromatic carbocycles.